The topological polar surface area (TPSA) is 96.0 Å². The van der Waals surface area contributed by atoms with Crippen LogP contribution in [0.15, 0.2) is 41.5 Å². The fourth-order valence-corrected chi connectivity index (χ4v) is 1.99. The van der Waals surface area contributed by atoms with Crippen LogP contribution < -0.4 is 15.2 Å². The van der Waals surface area contributed by atoms with Gasteiger partial charge in [-0.05, 0) is 17.7 Å². The third-order valence-electron chi connectivity index (χ3n) is 2.56. The highest BCUT2D eigenvalue weighted by Crippen LogP contribution is 2.28. The summed E-state index contributed by atoms with van der Waals surface area (Å²) in [5.41, 5.74) is 0.664. The molecule has 1 aliphatic heterocycles. The van der Waals surface area contributed by atoms with Gasteiger partial charge in [0, 0.05) is 11.1 Å². The Morgan fingerprint density at radius 3 is 2.62 bits per heavy atom. The number of benzene rings is 1. The van der Waals surface area contributed by atoms with Crippen molar-refractivity contribution in [2.24, 2.45) is 4.99 Å². The second kappa shape index (κ2) is 6.53. The molecule has 1 aliphatic rings. The van der Waals surface area contributed by atoms with Gasteiger partial charge in [-0.1, -0.05) is 35.3 Å². The van der Waals surface area contributed by atoms with Crippen LogP contribution in [0.5, 0.6) is 0 Å². The van der Waals surface area contributed by atoms with E-state index in [1.54, 1.807) is 23.8 Å². The molecule has 0 aliphatic carbocycles. The van der Waals surface area contributed by atoms with E-state index in [1.165, 1.54) is 24.4 Å². The monoisotopic (exact) mass is 325 g/mol. The van der Waals surface area contributed by atoms with E-state index in [2.05, 4.69) is 4.99 Å². The summed E-state index contributed by atoms with van der Waals surface area (Å²) in [4.78, 5) is 14.1. The molecule has 0 bridgehead atoms. The molecule has 0 amide bonds. The highest BCUT2D eigenvalue weighted by atomic mass is 35.5. The standard InChI is InChI=1S/C7H5ClO2.C6H4ClN3O/c8-6-3-1-2-5(4-6)7(9)10;7-4-1-2-10(11)6-5(4)8-3-9-6/h1-4H,(H,9,10);1-3H,(H,8,9). The minimum absolute atomic E-state index is 0.104. The number of rotatable bonds is 1. The van der Waals surface area contributed by atoms with Gasteiger partial charge in [0.2, 0.25) is 5.69 Å². The lowest BCUT2D eigenvalue weighted by molar-refractivity contribution is -0.676. The summed E-state index contributed by atoms with van der Waals surface area (Å²) < 4.78 is 0.744. The highest BCUT2D eigenvalue weighted by Gasteiger charge is 2.23. The van der Waals surface area contributed by atoms with E-state index in [1.807, 2.05) is 0 Å². The molecule has 3 rings (SSSR count). The van der Waals surface area contributed by atoms with E-state index < -0.39 is 5.97 Å². The summed E-state index contributed by atoms with van der Waals surface area (Å²) >= 11 is 11.3. The number of carbonyl (C=O) groups is 1. The first kappa shape index (κ1) is 15.2. The van der Waals surface area contributed by atoms with Crippen LogP contribution in [-0.4, -0.2) is 12.3 Å². The van der Waals surface area contributed by atoms with Crippen molar-refractivity contribution in [2.75, 3.05) is 0 Å². The molecule has 0 saturated heterocycles. The number of aliphatic imine (C=N–C) groups is 1. The number of quaternary nitrogens is 1. The molecule has 0 saturated carbocycles. The zero-order chi connectivity index (χ0) is 15.4. The number of hydrogen-bond donors (Lipinski definition) is 1. The van der Waals surface area contributed by atoms with E-state index in [-0.39, 0.29) is 5.56 Å². The first-order valence-electron chi connectivity index (χ1n) is 5.75. The Kier molecular flexibility index (Phi) is 4.74. The number of carboxylic acids is 1. The van der Waals surface area contributed by atoms with E-state index in [4.69, 9.17) is 23.2 Å². The lowest BCUT2D eigenvalue weighted by Gasteiger charge is -2.00. The van der Waals surface area contributed by atoms with Gasteiger partial charge in [0.1, 0.15) is 0 Å². The number of carboxylic acid groups (broad SMARTS) is 1. The SMILES string of the molecule is O=C([O-])c1cccc(Cl)c1.[O-][n+]1ccc(Cl)c2c1[NH2+]C=N2. The Hall–Kier alpha value is -2.15. The summed E-state index contributed by atoms with van der Waals surface area (Å²) in [5, 5.41) is 23.7. The number of halogens is 2. The van der Waals surface area contributed by atoms with Crippen LogP contribution in [0.1, 0.15) is 10.4 Å². The van der Waals surface area contributed by atoms with Crippen LogP contribution in [0.2, 0.25) is 10.0 Å². The lowest BCUT2D eigenvalue weighted by Crippen LogP contribution is -2.78. The number of fused-ring (bicyclic) bond motifs is 1. The molecule has 2 N–H and O–H groups in total. The van der Waals surface area contributed by atoms with Crippen LogP contribution in [-0.2, 0) is 0 Å². The van der Waals surface area contributed by atoms with Gasteiger partial charge < -0.3 is 15.1 Å². The average Bonchev–Trinajstić information content (AvgIpc) is 2.94. The largest absolute Gasteiger partial charge is 0.614 e. The number of pyridine rings is 1. The number of hydrogen-bond acceptors (Lipinski definition) is 4. The Labute approximate surface area is 129 Å². The highest BCUT2D eigenvalue weighted by molar-refractivity contribution is 6.33. The van der Waals surface area contributed by atoms with Gasteiger partial charge in [0.15, 0.2) is 12.5 Å². The summed E-state index contributed by atoms with van der Waals surface area (Å²) in [6, 6.07) is 7.48. The fourth-order valence-electron chi connectivity index (χ4n) is 1.60. The number of nitrogens with two attached hydrogens (primary N) is 1. The van der Waals surface area contributed by atoms with Gasteiger partial charge in [-0.15, -0.1) is 4.73 Å². The van der Waals surface area contributed by atoms with Gasteiger partial charge in [0.25, 0.3) is 0 Å². The molecule has 1 aromatic carbocycles. The molecule has 1 aromatic heterocycles. The van der Waals surface area contributed by atoms with Crippen LogP contribution in [0, 0.1) is 5.21 Å². The van der Waals surface area contributed by atoms with Crippen LogP contribution in [0.25, 0.3) is 0 Å². The van der Waals surface area contributed by atoms with Crippen molar-refractivity contribution in [1.29, 1.82) is 0 Å². The second-order valence-electron chi connectivity index (χ2n) is 3.97. The lowest BCUT2D eigenvalue weighted by atomic mass is 10.2. The Morgan fingerprint density at radius 1 is 1.29 bits per heavy atom. The number of aromatic carboxylic acids is 1. The first-order valence-corrected chi connectivity index (χ1v) is 6.50. The molecule has 8 heteroatoms. The average molecular weight is 326 g/mol. The molecule has 6 nitrogen and oxygen atoms in total. The minimum Gasteiger partial charge on any atom is -0.614 e. The molecule has 0 radical (unpaired) electrons. The summed E-state index contributed by atoms with van der Waals surface area (Å²) in [5.74, 6) is -0.694. The van der Waals surface area contributed by atoms with Crippen molar-refractivity contribution < 1.29 is 19.9 Å². The van der Waals surface area contributed by atoms with E-state index >= 15 is 0 Å². The number of nitrogens with zero attached hydrogens (tertiary/aromatic N) is 2. The summed E-state index contributed by atoms with van der Waals surface area (Å²) in [7, 11) is 0. The predicted octanol–water partition coefficient (Wildman–Crippen LogP) is 0.545. The molecular formula is C13H9Cl2N3O3. The predicted molar refractivity (Wildman–Crippen MR) is 75.9 cm³/mol. The number of carbonyl (C=O) groups excluding carboxylic acids is 1. The van der Waals surface area contributed by atoms with Crippen molar-refractivity contribution >= 4 is 47.0 Å². The van der Waals surface area contributed by atoms with Gasteiger partial charge in [0.05, 0.1) is 11.0 Å². The number of aromatic nitrogens is 1. The van der Waals surface area contributed by atoms with Crippen LogP contribution in [0.3, 0.4) is 0 Å². The Morgan fingerprint density at radius 2 is 2.05 bits per heavy atom. The van der Waals surface area contributed by atoms with Crippen molar-refractivity contribution in [1.82, 2.24) is 0 Å². The van der Waals surface area contributed by atoms with E-state index in [0.29, 0.717) is 21.6 Å². The maximum Gasteiger partial charge on any atom is 0.410 e. The molecule has 2 heterocycles. The smallest absolute Gasteiger partial charge is 0.410 e. The fraction of sp³-hybridized carbons (Fsp3) is 0. The normalized spacial score (nSPS) is 11.5. The minimum atomic E-state index is -1.21. The first-order chi connectivity index (χ1) is 9.99. The maximum atomic E-state index is 11.0. The van der Waals surface area contributed by atoms with Gasteiger partial charge >= 0.3 is 5.82 Å². The van der Waals surface area contributed by atoms with Gasteiger partial charge in [-0.2, -0.15) is 4.99 Å². The van der Waals surface area contributed by atoms with Crippen molar-refractivity contribution in [3.05, 3.63) is 57.3 Å². The molecule has 0 atom stereocenters. The molecule has 0 fully saturated rings. The summed E-state index contributed by atoms with van der Waals surface area (Å²) in [6.07, 6.45) is 2.93. The van der Waals surface area contributed by atoms with Crippen molar-refractivity contribution in [3.8, 4) is 0 Å². The Bertz CT molecular complexity index is 720. The van der Waals surface area contributed by atoms with Crippen molar-refractivity contribution in [3.63, 3.8) is 0 Å². The molecule has 108 valence electrons. The van der Waals surface area contributed by atoms with Gasteiger partial charge in [-0.25, -0.2) is 5.32 Å². The third-order valence-corrected chi connectivity index (χ3v) is 3.10. The zero-order valence-corrected chi connectivity index (χ0v) is 12.0. The second-order valence-corrected chi connectivity index (χ2v) is 4.81. The third kappa shape index (κ3) is 3.69. The van der Waals surface area contributed by atoms with E-state index in [0.717, 1.165) is 4.73 Å². The molecule has 0 unspecified atom stereocenters. The van der Waals surface area contributed by atoms with Crippen molar-refractivity contribution in [2.45, 2.75) is 0 Å². The Balaban J connectivity index is 0.000000155. The maximum absolute atomic E-state index is 11.0. The quantitative estimate of drug-likeness (QED) is 0.612. The molecular weight excluding hydrogens is 317 g/mol. The summed E-state index contributed by atoms with van der Waals surface area (Å²) in [6.45, 7) is 0. The van der Waals surface area contributed by atoms with E-state index in [9.17, 15) is 15.1 Å². The van der Waals surface area contributed by atoms with Gasteiger partial charge in [-0.3, -0.25) is 0 Å². The molecule has 21 heavy (non-hydrogen) atoms. The molecule has 2 aromatic rings. The van der Waals surface area contributed by atoms with Crippen LogP contribution in [0.4, 0.5) is 11.5 Å². The van der Waals surface area contributed by atoms with Crippen LogP contribution >= 0.6 is 23.2 Å². The molecule has 0 spiro atoms. The zero-order valence-electron chi connectivity index (χ0n) is 10.5.